The molecule has 0 unspecified atom stereocenters. The molecular formula is C20H23N3O3S. The molecule has 1 fully saturated rings. The Morgan fingerprint density at radius 3 is 2.56 bits per heavy atom. The minimum atomic E-state index is -3.38. The number of nitrogens with zero attached hydrogens (tertiary/aromatic N) is 2. The molecule has 1 aliphatic carbocycles. The Morgan fingerprint density at radius 2 is 1.81 bits per heavy atom. The van der Waals surface area contributed by atoms with Crippen LogP contribution in [0.15, 0.2) is 58.7 Å². The van der Waals surface area contributed by atoms with Crippen LogP contribution in [0.1, 0.15) is 37.2 Å². The molecule has 1 saturated carbocycles. The lowest BCUT2D eigenvalue weighted by atomic mass is 9.81. The van der Waals surface area contributed by atoms with Crippen molar-refractivity contribution in [3.8, 4) is 0 Å². The molecule has 3 aliphatic rings. The van der Waals surface area contributed by atoms with Crippen molar-refractivity contribution in [3.63, 3.8) is 0 Å². The van der Waals surface area contributed by atoms with Gasteiger partial charge in [0, 0.05) is 18.8 Å². The summed E-state index contributed by atoms with van der Waals surface area (Å²) >= 11 is 0. The highest BCUT2D eigenvalue weighted by atomic mass is 32.2. The van der Waals surface area contributed by atoms with Gasteiger partial charge in [-0.25, -0.2) is 8.42 Å². The SMILES string of the molecule is O=C(NC1CCC(c2ccccc2)CC1)C1=CN2CCS(=O)(=O)N=C2C=C1. The van der Waals surface area contributed by atoms with Crippen LogP contribution < -0.4 is 5.32 Å². The molecule has 0 aromatic heterocycles. The Labute approximate surface area is 159 Å². The molecule has 0 atom stereocenters. The van der Waals surface area contributed by atoms with Crippen LogP contribution in [0.5, 0.6) is 0 Å². The van der Waals surface area contributed by atoms with Crippen LogP contribution in [0.2, 0.25) is 0 Å². The summed E-state index contributed by atoms with van der Waals surface area (Å²) in [4.78, 5) is 14.3. The standard InChI is InChI=1S/C20H23N3O3S/c24-20(17-8-11-19-22-27(25,26)13-12-23(19)14-17)21-18-9-6-16(7-10-18)15-4-2-1-3-5-15/h1-5,8,11,14,16,18H,6-7,9-10,12-13H2,(H,21,24). The smallest absolute Gasteiger partial charge is 0.256 e. The third-order valence-corrected chi connectivity index (χ3v) is 6.58. The van der Waals surface area contributed by atoms with Gasteiger partial charge in [-0.3, -0.25) is 4.79 Å². The first kappa shape index (κ1) is 18.0. The van der Waals surface area contributed by atoms with E-state index in [1.165, 1.54) is 5.56 Å². The third-order valence-electron chi connectivity index (χ3n) is 5.42. The summed E-state index contributed by atoms with van der Waals surface area (Å²) in [5, 5.41) is 3.13. The molecule has 1 N–H and O–H groups in total. The van der Waals surface area contributed by atoms with Gasteiger partial charge in [0.15, 0.2) is 0 Å². The van der Waals surface area contributed by atoms with Gasteiger partial charge in [0.05, 0.1) is 11.3 Å². The summed E-state index contributed by atoms with van der Waals surface area (Å²) in [6.07, 6.45) is 9.01. The maximum Gasteiger partial charge on any atom is 0.256 e. The lowest BCUT2D eigenvalue weighted by Crippen LogP contribution is -2.41. The Morgan fingerprint density at radius 1 is 1.07 bits per heavy atom. The van der Waals surface area contributed by atoms with Gasteiger partial charge in [0.1, 0.15) is 5.84 Å². The van der Waals surface area contributed by atoms with E-state index in [9.17, 15) is 13.2 Å². The number of sulfonamides is 1. The van der Waals surface area contributed by atoms with E-state index in [4.69, 9.17) is 0 Å². The second-order valence-electron chi connectivity index (χ2n) is 7.28. The summed E-state index contributed by atoms with van der Waals surface area (Å²) in [7, 11) is -3.38. The molecule has 1 aromatic carbocycles. The van der Waals surface area contributed by atoms with E-state index in [0.29, 0.717) is 23.9 Å². The van der Waals surface area contributed by atoms with E-state index in [1.807, 2.05) is 6.07 Å². The van der Waals surface area contributed by atoms with E-state index >= 15 is 0 Å². The highest BCUT2D eigenvalue weighted by Gasteiger charge is 2.27. The van der Waals surface area contributed by atoms with Crippen LogP contribution in [0.4, 0.5) is 0 Å². The lowest BCUT2D eigenvalue weighted by molar-refractivity contribution is -0.118. The summed E-state index contributed by atoms with van der Waals surface area (Å²) in [6, 6.07) is 10.7. The van der Waals surface area contributed by atoms with Gasteiger partial charge < -0.3 is 10.2 Å². The predicted octanol–water partition coefficient (Wildman–Crippen LogP) is 2.33. The first-order chi connectivity index (χ1) is 13.0. The van der Waals surface area contributed by atoms with E-state index in [2.05, 4.69) is 34.0 Å². The topological polar surface area (TPSA) is 78.8 Å². The lowest BCUT2D eigenvalue weighted by Gasteiger charge is -2.30. The number of hydrogen-bond acceptors (Lipinski definition) is 4. The number of hydrogen-bond donors (Lipinski definition) is 1. The third kappa shape index (κ3) is 4.13. The normalized spacial score (nSPS) is 26.6. The van der Waals surface area contributed by atoms with Crippen LogP contribution in [0, 0.1) is 0 Å². The minimum Gasteiger partial charge on any atom is -0.349 e. The number of carbonyl (C=O) groups excluding carboxylic acids is 1. The first-order valence-corrected chi connectivity index (χ1v) is 11.0. The molecule has 142 valence electrons. The maximum absolute atomic E-state index is 12.6. The van der Waals surface area contributed by atoms with E-state index in [0.717, 1.165) is 25.7 Å². The van der Waals surface area contributed by atoms with Crippen molar-refractivity contribution in [3.05, 3.63) is 59.8 Å². The second kappa shape index (κ2) is 7.31. The summed E-state index contributed by atoms with van der Waals surface area (Å²) in [5.74, 6) is 0.810. The number of nitrogens with one attached hydrogen (secondary N) is 1. The van der Waals surface area contributed by atoms with Gasteiger partial charge in [0.25, 0.3) is 15.9 Å². The molecule has 2 heterocycles. The number of amidine groups is 1. The van der Waals surface area contributed by atoms with Crippen molar-refractivity contribution in [2.75, 3.05) is 12.3 Å². The highest BCUT2D eigenvalue weighted by Crippen LogP contribution is 2.32. The number of amides is 1. The van der Waals surface area contributed by atoms with Crippen LogP contribution in [-0.2, 0) is 14.8 Å². The average Bonchev–Trinajstić information content (AvgIpc) is 2.68. The molecule has 0 saturated heterocycles. The zero-order valence-corrected chi connectivity index (χ0v) is 15.9. The van der Waals surface area contributed by atoms with Crippen molar-refractivity contribution in [2.45, 2.75) is 37.6 Å². The van der Waals surface area contributed by atoms with Crippen LogP contribution in [-0.4, -0.2) is 43.4 Å². The van der Waals surface area contributed by atoms with Crippen molar-refractivity contribution >= 4 is 21.8 Å². The van der Waals surface area contributed by atoms with E-state index < -0.39 is 10.0 Å². The number of benzene rings is 1. The fourth-order valence-corrected chi connectivity index (χ4v) is 4.87. The summed E-state index contributed by atoms with van der Waals surface area (Å²) < 4.78 is 26.9. The van der Waals surface area contributed by atoms with Gasteiger partial charge in [-0.15, -0.1) is 4.40 Å². The zero-order valence-electron chi connectivity index (χ0n) is 15.0. The predicted molar refractivity (Wildman–Crippen MR) is 105 cm³/mol. The maximum atomic E-state index is 12.6. The average molecular weight is 385 g/mol. The summed E-state index contributed by atoms with van der Waals surface area (Å²) in [6.45, 7) is 0.324. The zero-order chi connectivity index (χ0) is 18.9. The van der Waals surface area contributed by atoms with Crippen LogP contribution in [0.25, 0.3) is 0 Å². The Hall–Kier alpha value is -2.41. The Kier molecular flexibility index (Phi) is 4.86. The molecule has 0 spiro atoms. The largest absolute Gasteiger partial charge is 0.349 e. The van der Waals surface area contributed by atoms with Crippen LogP contribution >= 0.6 is 0 Å². The summed E-state index contributed by atoms with van der Waals surface area (Å²) in [5.41, 5.74) is 1.92. The highest BCUT2D eigenvalue weighted by molar-refractivity contribution is 7.90. The van der Waals surface area contributed by atoms with Gasteiger partial charge in [0.2, 0.25) is 0 Å². The molecule has 0 radical (unpaired) electrons. The molecule has 4 rings (SSSR count). The van der Waals surface area contributed by atoms with Crippen molar-refractivity contribution in [2.24, 2.45) is 4.40 Å². The number of rotatable bonds is 3. The second-order valence-corrected chi connectivity index (χ2v) is 9.03. The fraction of sp³-hybridized carbons (Fsp3) is 0.400. The fourth-order valence-electron chi connectivity index (χ4n) is 3.90. The van der Waals surface area contributed by atoms with Gasteiger partial charge in [-0.05, 0) is 49.3 Å². The molecule has 27 heavy (non-hydrogen) atoms. The molecular weight excluding hydrogens is 362 g/mol. The molecule has 7 heteroatoms. The minimum absolute atomic E-state index is 0.0285. The van der Waals surface area contributed by atoms with Gasteiger partial charge in [-0.2, -0.15) is 0 Å². The molecule has 0 bridgehead atoms. The molecule has 1 aromatic rings. The van der Waals surface area contributed by atoms with Gasteiger partial charge >= 0.3 is 0 Å². The van der Waals surface area contributed by atoms with Gasteiger partial charge in [-0.1, -0.05) is 30.3 Å². The Bertz CT molecular complexity index is 911. The molecule has 1 amide bonds. The Balaban J connectivity index is 1.34. The van der Waals surface area contributed by atoms with E-state index in [-0.39, 0.29) is 17.7 Å². The molecule has 6 nitrogen and oxygen atoms in total. The first-order valence-electron chi connectivity index (χ1n) is 9.35. The van der Waals surface area contributed by atoms with E-state index in [1.54, 1.807) is 23.3 Å². The van der Waals surface area contributed by atoms with Crippen molar-refractivity contribution < 1.29 is 13.2 Å². The van der Waals surface area contributed by atoms with Crippen molar-refractivity contribution in [1.82, 2.24) is 10.2 Å². The monoisotopic (exact) mass is 385 g/mol. The molecule has 2 aliphatic heterocycles. The van der Waals surface area contributed by atoms with Crippen molar-refractivity contribution in [1.29, 1.82) is 0 Å². The number of fused-ring (bicyclic) bond motifs is 1. The quantitative estimate of drug-likeness (QED) is 0.866. The van der Waals surface area contributed by atoms with Crippen LogP contribution in [0.3, 0.4) is 0 Å². The number of carbonyl (C=O) groups is 1.